The molecule has 5 aromatic rings. The monoisotopic (exact) mass is 425 g/mol. The number of aromatic nitrogens is 5. The van der Waals surface area contributed by atoms with E-state index in [1.54, 1.807) is 25.8 Å². The minimum absolute atomic E-state index is 0.547. The van der Waals surface area contributed by atoms with Gasteiger partial charge in [-0.3, -0.25) is 4.98 Å². The second-order valence-corrected chi connectivity index (χ2v) is 7.51. The predicted molar refractivity (Wildman–Crippen MR) is 124 cm³/mol. The fraction of sp³-hybridized carbons (Fsp3) is 0.200. The van der Waals surface area contributed by atoms with Gasteiger partial charge in [-0.05, 0) is 36.8 Å². The van der Waals surface area contributed by atoms with Gasteiger partial charge < -0.3 is 14.0 Å². The highest BCUT2D eigenvalue weighted by molar-refractivity contribution is 5.94. The molecule has 0 fully saturated rings. The molecular weight excluding hydrogens is 402 g/mol. The molecule has 2 aromatic carbocycles. The molecule has 7 nitrogen and oxygen atoms in total. The lowest BCUT2D eigenvalue weighted by molar-refractivity contribution is 0.289. The Balaban J connectivity index is 1.34. The number of pyridine rings is 1. The maximum atomic E-state index is 6.08. The smallest absolute Gasteiger partial charge is 0.163 e. The summed E-state index contributed by atoms with van der Waals surface area (Å²) in [6.45, 7) is 0.547. The summed E-state index contributed by atoms with van der Waals surface area (Å²) in [7, 11) is 3.69. The van der Waals surface area contributed by atoms with Crippen LogP contribution in [-0.2, 0) is 13.5 Å². The van der Waals surface area contributed by atoms with Crippen LogP contribution in [0.25, 0.3) is 33.2 Å². The summed E-state index contributed by atoms with van der Waals surface area (Å²) in [4.78, 5) is 17.8. The van der Waals surface area contributed by atoms with E-state index in [1.807, 2.05) is 42.5 Å². The van der Waals surface area contributed by atoms with Crippen molar-refractivity contribution in [3.63, 3.8) is 0 Å². The maximum Gasteiger partial charge on any atom is 0.163 e. The normalized spacial score (nSPS) is 11.2. The number of rotatable bonds is 7. The molecule has 0 N–H and O–H groups in total. The van der Waals surface area contributed by atoms with Crippen molar-refractivity contribution < 1.29 is 9.47 Å². The Morgan fingerprint density at radius 2 is 1.88 bits per heavy atom. The van der Waals surface area contributed by atoms with E-state index in [2.05, 4.69) is 32.6 Å². The molecule has 0 amide bonds. The number of fused-ring (bicyclic) bond motifs is 2. The van der Waals surface area contributed by atoms with Crippen LogP contribution in [-0.4, -0.2) is 38.2 Å². The Bertz CT molecular complexity index is 1380. The molecule has 0 aliphatic carbocycles. The molecule has 0 bridgehead atoms. The van der Waals surface area contributed by atoms with Crippen LogP contribution < -0.4 is 9.47 Å². The van der Waals surface area contributed by atoms with Crippen LogP contribution in [0.2, 0.25) is 0 Å². The molecule has 0 aliphatic rings. The van der Waals surface area contributed by atoms with Crippen LogP contribution in [0.15, 0.2) is 67.3 Å². The van der Waals surface area contributed by atoms with Crippen LogP contribution in [0, 0.1) is 0 Å². The Morgan fingerprint density at radius 1 is 0.969 bits per heavy atom. The van der Waals surface area contributed by atoms with Crippen molar-refractivity contribution in [3.05, 3.63) is 73.1 Å². The lowest BCUT2D eigenvalue weighted by atomic mass is 10.1. The lowest BCUT2D eigenvalue weighted by Crippen LogP contribution is -2.04. The van der Waals surface area contributed by atoms with Gasteiger partial charge in [-0.1, -0.05) is 12.1 Å². The van der Waals surface area contributed by atoms with Gasteiger partial charge in [-0.15, -0.1) is 0 Å². The molecule has 7 heteroatoms. The molecular formula is C25H23N5O2. The number of imidazole rings is 1. The average molecular weight is 425 g/mol. The number of methoxy groups -OCH3 is 1. The number of para-hydroxylation sites is 2. The van der Waals surface area contributed by atoms with Gasteiger partial charge in [0.25, 0.3) is 0 Å². The van der Waals surface area contributed by atoms with Crippen molar-refractivity contribution in [2.24, 2.45) is 7.05 Å². The quantitative estimate of drug-likeness (QED) is 0.355. The molecule has 0 aliphatic heterocycles. The fourth-order valence-electron chi connectivity index (χ4n) is 3.90. The van der Waals surface area contributed by atoms with Gasteiger partial charge in [0.2, 0.25) is 0 Å². The van der Waals surface area contributed by atoms with Crippen LogP contribution >= 0.6 is 0 Å². The summed E-state index contributed by atoms with van der Waals surface area (Å²) < 4.78 is 13.8. The van der Waals surface area contributed by atoms with E-state index in [-0.39, 0.29) is 0 Å². The number of hydrogen-bond acceptors (Lipinski definition) is 6. The molecule has 0 atom stereocenters. The maximum absolute atomic E-state index is 6.08. The largest absolute Gasteiger partial charge is 0.493 e. The van der Waals surface area contributed by atoms with Gasteiger partial charge in [-0.2, -0.15) is 0 Å². The van der Waals surface area contributed by atoms with Gasteiger partial charge in [0.05, 0.1) is 36.0 Å². The SMILES string of the molecule is COc1cc2c(-c3cccnc3)ncnc2cc1OCCCc1nc2ccccc2n1C. The van der Waals surface area contributed by atoms with Crippen LogP contribution in [0.4, 0.5) is 0 Å². The zero-order valence-corrected chi connectivity index (χ0v) is 18.0. The number of aryl methyl sites for hydroxylation is 2. The Hall–Kier alpha value is -4.00. The Labute approximate surface area is 185 Å². The number of ether oxygens (including phenoxy) is 2. The highest BCUT2D eigenvalue weighted by Crippen LogP contribution is 2.35. The first-order chi connectivity index (χ1) is 15.7. The molecule has 0 saturated carbocycles. The first-order valence-electron chi connectivity index (χ1n) is 10.5. The minimum Gasteiger partial charge on any atom is -0.493 e. The zero-order valence-electron chi connectivity index (χ0n) is 18.0. The van der Waals surface area contributed by atoms with E-state index in [4.69, 9.17) is 14.5 Å². The summed E-state index contributed by atoms with van der Waals surface area (Å²) >= 11 is 0. The van der Waals surface area contributed by atoms with Crippen LogP contribution in [0.5, 0.6) is 11.5 Å². The highest BCUT2D eigenvalue weighted by Gasteiger charge is 2.13. The van der Waals surface area contributed by atoms with Gasteiger partial charge >= 0.3 is 0 Å². The van der Waals surface area contributed by atoms with E-state index in [9.17, 15) is 0 Å². The Morgan fingerprint density at radius 3 is 2.69 bits per heavy atom. The molecule has 32 heavy (non-hydrogen) atoms. The van der Waals surface area contributed by atoms with Crippen LogP contribution in [0.1, 0.15) is 12.2 Å². The third kappa shape index (κ3) is 3.73. The summed E-state index contributed by atoms with van der Waals surface area (Å²) in [5.41, 5.74) is 4.70. The number of hydrogen-bond donors (Lipinski definition) is 0. The third-order valence-electron chi connectivity index (χ3n) is 5.54. The van der Waals surface area contributed by atoms with Crippen molar-refractivity contribution in [3.8, 4) is 22.8 Å². The van der Waals surface area contributed by atoms with Crippen molar-refractivity contribution in [1.29, 1.82) is 0 Å². The first kappa shape index (κ1) is 19.9. The third-order valence-corrected chi connectivity index (χ3v) is 5.54. The van der Waals surface area contributed by atoms with Gasteiger partial charge in [0.1, 0.15) is 12.2 Å². The summed E-state index contributed by atoms with van der Waals surface area (Å²) in [6.07, 6.45) is 6.76. The zero-order chi connectivity index (χ0) is 21.9. The molecule has 160 valence electrons. The molecule has 3 heterocycles. The number of nitrogens with zero attached hydrogens (tertiary/aromatic N) is 5. The highest BCUT2D eigenvalue weighted by atomic mass is 16.5. The molecule has 3 aromatic heterocycles. The summed E-state index contributed by atoms with van der Waals surface area (Å²) in [5.74, 6) is 2.37. The summed E-state index contributed by atoms with van der Waals surface area (Å²) in [5, 5.41) is 0.893. The lowest BCUT2D eigenvalue weighted by Gasteiger charge is -2.13. The van der Waals surface area contributed by atoms with E-state index < -0.39 is 0 Å². The van der Waals surface area contributed by atoms with Gasteiger partial charge in [-0.25, -0.2) is 15.0 Å². The average Bonchev–Trinajstić information content (AvgIpc) is 3.17. The summed E-state index contributed by atoms with van der Waals surface area (Å²) in [6, 6.07) is 15.9. The fourth-order valence-corrected chi connectivity index (χ4v) is 3.90. The second-order valence-electron chi connectivity index (χ2n) is 7.51. The molecule has 0 spiro atoms. The van der Waals surface area contributed by atoms with E-state index in [0.717, 1.165) is 51.9 Å². The minimum atomic E-state index is 0.547. The predicted octanol–water partition coefficient (Wildman–Crippen LogP) is 4.60. The Kier molecular flexibility index (Phi) is 5.37. The van der Waals surface area contributed by atoms with E-state index in [0.29, 0.717) is 18.1 Å². The van der Waals surface area contributed by atoms with Crippen molar-refractivity contribution in [2.45, 2.75) is 12.8 Å². The first-order valence-corrected chi connectivity index (χ1v) is 10.5. The van der Waals surface area contributed by atoms with Crippen molar-refractivity contribution in [1.82, 2.24) is 24.5 Å². The molecule has 5 rings (SSSR count). The number of benzene rings is 2. The van der Waals surface area contributed by atoms with Crippen molar-refractivity contribution >= 4 is 21.9 Å². The van der Waals surface area contributed by atoms with Crippen molar-refractivity contribution in [2.75, 3.05) is 13.7 Å². The van der Waals surface area contributed by atoms with Crippen LogP contribution in [0.3, 0.4) is 0 Å². The molecule has 0 saturated heterocycles. The molecule has 0 unspecified atom stereocenters. The second kappa shape index (κ2) is 8.63. The molecule has 0 radical (unpaired) electrons. The van der Waals surface area contributed by atoms with Gasteiger partial charge in [0.15, 0.2) is 11.5 Å². The van der Waals surface area contributed by atoms with E-state index in [1.165, 1.54) is 0 Å². The van der Waals surface area contributed by atoms with E-state index >= 15 is 0 Å². The van der Waals surface area contributed by atoms with Gasteiger partial charge in [0, 0.05) is 42.9 Å². The topological polar surface area (TPSA) is 75.0 Å². The standard InChI is InChI=1S/C25H23N5O2/c1-30-21-9-4-3-8-19(21)29-24(30)10-6-12-32-23-14-20-18(13-22(23)31-2)25(28-16-27-20)17-7-5-11-26-15-17/h3-5,7-9,11,13-16H,6,10,12H2,1-2H3.